The molecule has 1 N–H and O–H groups in total. The minimum atomic E-state index is -0.534. The number of nitrogens with zero attached hydrogens (tertiary/aromatic N) is 1. The summed E-state index contributed by atoms with van der Waals surface area (Å²) in [5.41, 5.74) is 4.37. The van der Waals surface area contributed by atoms with E-state index in [1.165, 1.54) is 11.1 Å². The highest BCUT2D eigenvalue weighted by Gasteiger charge is 2.41. The molecule has 4 aromatic carbocycles. The van der Waals surface area contributed by atoms with Crippen molar-refractivity contribution in [1.29, 1.82) is 0 Å². The zero-order chi connectivity index (χ0) is 27.7. The minimum absolute atomic E-state index is 0.0878. The Labute approximate surface area is 242 Å². The molecular formula is C35H34N2O2S. The van der Waals surface area contributed by atoms with Crippen molar-refractivity contribution in [2.24, 2.45) is 0 Å². The zero-order valence-corrected chi connectivity index (χ0v) is 23.3. The van der Waals surface area contributed by atoms with E-state index in [0.29, 0.717) is 4.99 Å². The summed E-state index contributed by atoms with van der Waals surface area (Å²) in [4.78, 5) is 16.3. The fourth-order valence-electron chi connectivity index (χ4n) is 5.62. The lowest BCUT2D eigenvalue weighted by molar-refractivity contribution is 0.136. The van der Waals surface area contributed by atoms with Crippen LogP contribution in [0.3, 0.4) is 0 Å². The predicted octanol–water partition coefficient (Wildman–Crippen LogP) is 8.16. The van der Waals surface area contributed by atoms with Gasteiger partial charge in [0.1, 0.15) is 11.6 Å². The Morgan fingerprint density at radius 1 is 0.825 bits per heavy atom. The molecule has 1 heterocycles. The average Bonchev–Trinajstić information content (AvgIpc) is 3.47. The van der Waals surface area contributed by atoms with Gasteiger partial charge in [-0.15, -0.1) is 6.58 Å². The predicted molar refractivity (Wildman–Crippen MR) is 165 cm³/mol. The SMILES string of the molecule is C=C[C@@H](c1ccccc1)[C@@H](NC(=O)OCc1ccccc1)C(=S)N1[C@@H](c2ccccc2)CC[C@@H]1c1ccccc1. The van der Waals surface area contributed by atoms with Gasteiger partial charge in [0.15, 0.2) is 0 Å². The first-order valence-corrected chi connectivity index (χ1v) is 14.1. The maximum absolute atomic E-state index is 13.3. The van der Waals surface area contributed by atoms with E-state index in [9.17, 15) is 4.79 Å². The molecule has 0 unspecified atom stereocenters. The lowest BCUT2D eigenvalue weighted by Gasteiger charge is -2.38. The van der Waals surface area contributed by atoms with Crippen molar-refractivity contribution in [3.05, 3.63) is 156 Å². The van der Waals surface area contributed by atoms with Crippen molar-refractivity contribution >= 4 is 23.3 Å². The molecule has 1 saturated heterocycles. The number of alkyl carbamates (subject to hydrolysis) is 1. The molecule has 1 aliphatic rings. The van der Waals surface area contributed by atoms with Crippen LogP contribution in [-0.2, 0) is 11.3 Å². The molecule has 1 amide bonds. The highest BCUT2D eigenvalue weighted by molar-refractivity contribution is 7.80. The van der Waals surface area contributed by atoms with Gasteiger partial charge in [-0.1, -0.05) is 140 Å². The van der Waals surface area contributed by atoms with E-state index in [2.05, 4.69) is 65.3 Å². The van der Waals surface area contributed by atoms with Crippen LogP contribution in [0.4, 0.5) is 4.79 Å². The summed E-state index contributed by atoms with van der Waals surface area (Å²) in [6.07, 6.45) is 3.28. The second-order valence-corrected chi connectivity index (χ2v) is 10.5. The van der Waals surface area contributed by atoms with Gasteiger partial charge in [-0.25, -0.2) is 4.79 Å². The van der Waals surface area contributed by atoms with Gasteiger partial charge in [0.2, 0.25) is 0 Å². The molecule has 4 aromatic rings. The number of likely N-dealkylation sites (tertiary alicyclic amines) is 1. The molecule has 5 rings (SSSR count). The number of thiocarbonyl (C=S) groups is 1. The van der Waals surface area contributed by atoms with Gasteiger partial charge in [-0.05, 0) is 35.1 Å². The van der Waals surface area contributed by atoms with Crippen LogP contribution in [0.25, 0.3) is 0 Å². The van der Waals surface area contributed by atoms with Crippen molar-refractivity contribution in [2.75, 3.05) is 0 Å². The summed E-state index contributed by atoms with van der Waals surface area (Å²) in [5.74, 6) is -0.244. The van der Waals surface area contributed by atoms with Crippen molar-refractivity contribution in [1.82, 2.24) is 10.2 Å². The molecule has 1 fully saturated rings. The third-order valence-corrected chi connectivity index (χ3v) is 8.02. The van der Waals surface area contributed by atoms with Crippen molar-refractivity contribution < 1.29 is 9.53 Å². The van der Waals surface area contributed by atoms with E-state index in [1.807, 2.05) is 78.9 Å². The van der Waals surface area contributed by atoms with Crippen LogP contribution >= 0.6 is 12.2 Å². The zero-order valence-electron chi connectivity index (χ0n) is 22.4. The molecule has 1 aliphatic heterocycles. The number of amides is 1. The van der Waals surface area contributed by atoms with E-state index in [-0.39, 0.29) is 24.6 Å². The Kier molecular flexibility index (Phi) is 9.04. The number of hydrogen-bond donors (Lipinski definition) is 1. The standard InChI is InChI=1S/C35H34N2O2S/c1-2-30(27-17-9-4-10-18-27)33(36-35(38)39-25-26-15-7-3-8-16-26)34(40)37-31(28-19-11-5-12-20-28)23-24-32(37)29-21-13-6-14-22-29/h2-22,30-33H,1,23-25H2,(H,36,38)/t30-,31+,32+,33+/m0/s1. The Morgan fingerprint density at radius 3 is 1.80 bits per heavy atom. The highest BCUT2D eigenvalue weighted by Crippen LogP contribution is 2.45. The average molecular weight is 547 g/mol. The number of rotatable bonds is 9. The van der Waals surface area contributed by atoms with Crippen LogP contribution < -0.4 is 5.32 Å². The first-order valence-electron chi connectivity index (χ1n) is 13.7. The van der Waals surface area contributed by atoms with Crippen LogP contribution in [-0.4, -0.2) is 22.0 Å². The van der Waals surface area contributed by atoms with Crippen LogP contribution in [0.2, 0.25) is 0 Å². The molecule has 0 aliphatic carbocycles. The molecule has 40 heavy (non-hydrogen) atoms. The van der Waals surface area contributed by atoms with Crippen molar-refractivity contribution in [3.63, 3.8) is 0 Å². The van der Waals surface area contributed by atoms with Crippen LogP contribution in [0.15, 0.2) is 134 Å². The first kappa shape index (κ1) is 27.4. The summed E-state index contributed by atoms with van der Waals surface area (Å²) >= 11 is 6.34. The normalized spacial score (nSPS) is 17.9. The minimum Gasteiger partial charge on any atom is -0.445 e. The fourth-order valence-corrected chi connectivity index (χ4v) is 6.08. The van der Waals surface area contributed by atoms with Gasteiger partial charge in [-0.3, -0.25) is 0 Å². The van der Waals surface area contributed by atoms with Crippen LogP contribution in [0.5, 0.6) is 0 Å². The Morgan fingerprint density at radius 2 is 1.30 bits per heavy atom. The van der Waals surface area contributed by atoms with Gasteiger partial charge in [-0.2, -0.15) is 0 Å². The monoisotopic (exact) mass is 546 g/mol. The third-order valence-electron chi connectivity index (χ3n) is 7.56. The summed E-state index contributed by atoms with van der Waals surface area (Å²) in [7, 11) is 0. The molecule has 0 aromatic heterocycles. The molecule has 4 atom stereocenters. The van der Waals surface area contributed by atoms with Gasteiger partial charge in [0, 0.05) is 5.92 Å². The Hall–Kier alpha value is -4.22. The first-order chi connectivity index (χ1) is 19.7. The molecule has 0 radical (unpaired) electrons. The molecular weight excluding hydrogens is 512 g/mol. The highest BCUT2D eigenvalue weighted by atomic mass is 32.1. The molecule has 0 bridgehead atoms. The van der Waals surface area contributed by atoms with E-state index in [0.717, 1.165) is 24.0 Å². The van der Waals surface area contributed by atoms with Crippen LogP contribution in [0, 0.1) is 0 Å². The van der Waals surface area contributed by atoms with Gasteiger partial charge >= 0.3 is 6.09 Å². The quantitative estimate of drug-likeness (QED) is 0.170. The molecule has 0 saturated carbocycles. The number of ether oxygens (including phenoxy) is 1. The number of hydrogen-bond acceptors (Lipinski definition) is 3. The maximum Gasteiger partial charge on any atom is 0.408 e. The number of carbonyl (C=O) groups is 1. The second kappa shape index (κ2) is 13.2. The summed E-state index contributed by atoms with van der Waals surface area (Å²) in [6.45, 7) is 4.33. The number of nitrogens with one attached hydrogen (secondary N) is 1. The number of benzene rings is 4. The maximum atomic E-state index is 13.3. The van der Waals surface area contributed by atoms with E-state index in [4.69, 9.17) is 17.0 Å². The summed E-state index contributed by atoms with van der Waals surface area (Å²) in [6, 6.07) is 40.4. The topological polar surface area (TPSA) is 41.6 Å². The summed E-state index contributed by atoms with van der Waals surface area (Å²) in [5, 5.41) is 3.14. The van der Waals surface area contributed by atoms with Crippen LogP contribution in [0.1, 0.15) is 53.1 Å². The lowest BCUT2D eigenvalue weighted by atomic mass is 9.90. The molecule has 5 heteroatoms. The largest absolute Gasteiger partial charge is 0.445 e. The number of carbonyl (C=O) groups excluding carboxylic acids is 1. The fraction of sp³-hybridized carbons (Fsp3) is 0.200. The summed E-state index contributed by atoms with van der Waals surface area (Å²) < 4.78 is 5.66. The Bertz CT molecular complexity index is 1350. The van der Waals surface area contributed by atoms with E-state index < -0.39 is 12.1 Å². The van der Waals surface area contributed by atoms with Gasteiger partial charge in [0.25, 0.3) is 0 Å². The molecule has 4 nitrogen and oxygen atoms in total. The van der Waals surface area contributed by atoms with Crippen molar-refractivity contribution in [2.45, 2.75) is 43.5 Å². The smallest absolute Gasteiger partial charge is 0.408 e. The van der Waals surface area contributed by atoms with E-state index in [1.54, 1.807) is 0 Å². The molecule has 202 valence electrons. The van der Waals surface area contributed by atoms with Gasteiger partial charge in [0.05, 0.1) is 18.1 Å². The molecule has 0 spiro atoms. The third kappa shape index (κ3) is 6.32. The second-order valence-electron chi connectivity index (χ2n) is 10.0. The van der Waals surface area contributed by atoms with E-state index >= 15 is 0 Å². The van der Waals surface area contributed by atoms with Gasteiger partial charge < -0.3 is 15.0 Å². The Balaban J connectivity index is 1.49. The lowest BCUT2D eigenvalue weighted by Crippen LogP contribution is -2.50. The van der Waals surface area contributed by atoms with Crippen molar-refractivity contribution in [3.8, 4) is 0 Å².